The molecule has 8 heteroatoms. The van der Waals surface area contributed by atoms with E-state index < -0.39 is 4.92 Å². The second kappa shape index (κ2) is 10.0. The van der Waals surface area contributed by atoms with Gasteiger partial charge >= 0.3 is 0 Å². The van der Waals surface area contributed by atoms with Crippen LogP contribution < -0.4 is 10.6 Å². The SMILES string of the molecule is O=C(CCCc1ncc(-c2ccccc2)o1)NCCNc1ccc([N+](=O)[O-])cc1. The van der Waals surface area contributed by atoms with Crippen LogP contribution in [0.1, 0.15) is 18.7 Å². The number of aromatic nitrogens is 1. The Morgan fingerprint density at radius 3 is 2.55 bits per heavy atom. The predicted octanol–water partition coefficient (Wildman–Crippen LogP) is 3.80. The molecule has 0 aliphatic rings. The van der Waals surface area contributed by atoms with E-state index >= 15 is 0 Å². The molecule has 29 heavy (non-hydrogen) atoms. The van der Waals surface area contributed by atoms with Gasteiger partial charge in [0.15, 0.2) is 11.7 Å². The predicted molar refractivity (Wildman–Crippen MR) is 109 cm³/mol. The zero-order valence-corrected chi connectivity index (χ0v) is 15.8. The molecule has 150 valence electrons. The molecule has 0 radical (unpaired) electrons. The van der Waals surface area contributed by atoms with Gasteiger partial charge in [0.2, 0.25) is 5.91 Å². The number of nitrogens with one attached hydrogen (secondary N) is 2. The van der Waals surface area contributed by atoms with E-state index in [0.717, 1.165) is 17.0 Å². The summed E-state index contributed by atoms with van der Waals surface area (Å²) in [7, 11) is 0. The van der Waals surface area contributed by atoms with Crippen LogP contribution in [0.25, 0.3) is 11.3 Å². The molecule has 2 aromatic carbocycles. The fourth-order valence-electron chi connectivity index (χ4n) is 2.76. The summed E-state index contributed by atoms with van der Waals surface area (Å²) >= 11 is 0. The summed E-state index contributed by atoms with van der Waals surface area (Å²) in [6.07, 6.45) is 3.34. The highest BCUT2D eigenvalue weighted by molar-refractivity contribution is 5.75. The summed E-state index contributed by atoms with van der Waals surface area (Å²) in [5.41, 5.74) is 1.79. The molecule has 3 rings (SSSR count). The number of hydrogen-bond donors (Lipinski definition) is 2. The van der Waals surface area contributed by atoms with Crippen molar-refractivity contribution in [3.8, 4) is 11.3 Å². The molecule has 0 atom stereocenters. The second-order valence-corrected chi connectivity index (χ2v) is 6.42. The smallest absolute Gasteiger partial charge is 0.269 e. The summed E-state index contributed by atoms with van der Waals surface area (Å²) in [5, 5.41) is 16.6. The molecule has 0 bridgehead atoms. The largest absolute Gasteiger partial charge is 0.441 e. The Hall–Kier alpha value is -3.68. The number of amides is 1. The molecule has 3 aromatic rings. The van der Waals surface area contributed by atoms with Crippen LogP contribution >= 0.6 is 0 Å². The van der Waals surface area contributed by atoms with Crippen molar-refractivity contribution in [3.05, 3.63) is 76.8 Å². The van der Waals surface area contributed by atoms with E-state index in [1.54, 1.807) is 18.3 Å². The minimum atomic E-state index is -0.440. The lowest BCUT2D eigenvalue weighted by Crippen LogP contribution is -2.28. The van der Waals surface area contributed by atoms with Gasteiger partial charge in [-0.2, -0.15) is 0 Å². The topological polar surface area (TPSA) is 110 Å². The number of aryl methyl sites for hydroxylation is 1. The Kier molecular flexibility index (Phi) is 6.94. The van der Waals surface area contributed by atoms with Crippen LogP contribution in [-0.4, -0.2) is 28.9 Å². The summed E-state index contributed by atoms with van der Waals surface area (Å²) < 4.78 is 5.73. The van der Waals surface area contributed by atoms with E-state index in [-0.39, 0.29) is 11.6 Å². The first-order valence-electron chi connectivity index (χ1n) is 9.37. The van der Waals surface area contributed by atoms with Crippen LogP contribution in [0.15, 0.2) is 65.2 Å². The zero-order valence-electron chi connectivity index (χ0n) is 15.8. The maximum Gasteiger partial charge on any atom is 0.269 e. The third kappa shape index (κ3) is 6.17. The van der Waals surface area contributed by atoms with Crippen molar-refractivity contribution < 1.29 is 14.1 Å². The van der Waals surface area contributed by atoms with Crippen LogP contribution in [0, 0.1) is 10.1 Å². The number of nitro benzene ring substituents is 1. The maximum absolute atomic E-state index is 11.9. The fourth-order valence-corrected chi connectivity index (χ4v) is 2.76. The Balaban J connectivity index is 1.31. The maximum atomic E-state index is 11.9. The van der Waals surface area contributed by atoms with Crippen molar-refractivity contribution in [3.63, 3.8) is 0 Å². The Morgan fingerprint density at radius 1 is 1.07 bits per heavy atom. The number of nitro groups is 1. The van der Waals surface area contributed by atoms with Crippen molar-refractivity contribution in [1.82, 2.24) is 10.3 Å². The lowest BCUT2D eigenvalue weighted by molar-refractivity contribution is -0.384. The van der Waals surface area contributed by atoms with Crippen LogP contribution in [0.3, 0.4) is 0 Å². The first-order valence-corrected chi connectivity index (χ1v) is 9.37. The lowest BCUT2D eigenvalue weighted by atomic mass is 10.2. The number of anilines is 1. The molecular formula is C21H22N4O4. The molecular weight excluding hydrogens is 372 g/mol. The number of carbonyl (C=O) groups excluding carboxylic acids is 1. The Morgan fingerprint density at radius 2 is 1.83 bits per heavy atom. The van der Waals surface area contributed by atoms with Crippen molar-refractivity contribution in [2.75, 3.05) is 18.4 Å². The first kappa shape index (κ1) is 20.1. The third-order valence-electron chi connectivity index (χ3n) is 4.26. The average Bonchev–Trinajstić information content (AvgIpc) is 3.21. The standard InChI is InChI=1S/C21H22N4O4/c26-20(23-14-13-22-17-9-11-18(12-10-17)25(27)28)7-4-8-21-24-15-19(29-21)16-5-2-1-3-6-16/h1-3,5-6,9-12,15,22H,4,7-8,13-14H2,(H,23,26). The summed E-state index contributed by atoms with van der Waals surface area (Å²) in [6, 6.07) is 15.9. The highest BCUT2D eigenvalue weighted by Crippen LogP contribution is 2.20. The molecule has 0 unspecified atom stereocenters. The Bertz CT molecular complexity index is 939. The number of benzene rings is 2. The van der Waals surface area contributed by atoms with Gasteiger partial charge in [-0.15, -0.1) is 0 Å². The number of rotatable bonds is 10. The molecule has 0 spiro atoms. The van der Waals surface area contributed by atoms with Crippen LogP contribution in [0.2, 0.25) is 0 Å². The van der Waals surface area contributed by atoms with Gasteiger partial charge in [-0.1, -0.05) is 30.3 Å². The van der Waals surface area contributed by atoms with E-state index in [4.69, 9.17) is 4.42 Å². The van der Waals surface area contributed by atoms with Gasteiger partial charge in [0.05, 0.1) is 11.1 Å². The van der Waals surface area contributed by atoms with Crippen LogP contribution in [0.4, 0.5) is 11.4 Å². The van der Waals surface area contributed by atoms with E-state index in [9.17, 15) is 14.9 Å². The highest BCUT2D eigenvalue weighted by Gasteiger charge is 2.08. The van der Waals surface area contributed by atoms with Gasteiger partial charge in [-0.25, -0.2) is 4.98 Å². The van der Waals surface area contributed by atoms with Gasteiger partial charge in [-0.05, 0) is 18.6 Å². The highest BCUT2D eigenvalue weighted by atomic mass is 16.6. The fraction of sp³-hybridized carbons (Fsp3) is 0.238. The Labute approximate surface area is 168 Å². The minimum absolute atomic E-state index is 0.0367. The molecule has 0 aliphatic heterocycles. The first-order chi connectivity index (χ1) is 14.1. The van der Waals surface area contributed by atoms with Gasteiger partial charge < -0.3 is 15.1 Å². The molecule has 8 nitrogen and oxygen atoms in total. The second-order valence-electron chi connectivity index (χ2n) is 6.42. The molecule has 1 aromatic heterocycles. The number of carbonyl (C=O) groups is 1. The van der Waals surface area contributed by atoms with Gasteiger partial charge in [0.25, 0.3) is 5.69 Å². The normalized spacial score (nSPS) is 10.5. The molecule has 1 heterocycles. The van der Waals surface area contributed by atoms with E-state index in [1.165, 1.54) is 12.1 Å². The summed E-state index contributed by atoms with van der Waals surface area (Å²) in [4.78, 5) is 26.4. The summed E-state index contributed by atoms with van der Waals surface area (Å²) in [5.74, 6) is 1.31. The molecule has 0 saturated carbocycles. The van der Waals surface area contributed by atoms with Crippen LogP contribution in [0.5, 0.6) is 0 Å². The lowest BCUT2D eigenvalue weighted by Gasteiger charge is -2.07. The number of nitrogens with zero attached hydrogens (tertiary/aromatic N) is 2. The van der Waals surface area contributed by atoms with Gasteiger partial charge in [0, 0.05) is 49.3 Å². The van der Waals surface area contributed by atoms with Crippen molar-refractivity contribution in [2.45, 2.75) is 19.3 Å². The van der Waals surface area contributed by atoms with E-state index in [0.29, 0.717) is 38.2 Å². The van der Waals surface area contributed by atoms with Crippen LogP contribution in [-0.2, 0) is 11.2 Å². The molecule has 0 aliphatic carbocycles. The number of oxazole rings is 1. The third-order valence-corrected chi connectivity index (χ3v) is 4.26. The van der Waals surface area contributed by atoms with Crippen molar-refractivity contribution in [2.24, 2.45) is 0 Å². The average molecular weight is 394 g/mol. The number of non-ortho nitro benzene ring substituents is 1. The number of hydrogen-bond acceptors (Lipinski definition) is 6. The quantitative estimate of drug-likeness (QED) is 0.307. The van der Waals surface area contributed by atoms with E-state index in [2.05, 4.69) is 15.6 Å². The van der Waals surface area contributed by atoms with Gasteiger partial charge in [-0.3, -0.25) is 14.9 Å². The van der Waals surface area contributed by atoms with Crippen molar-refractivity contribution >= 4 is 17.3 Å². The van der Waals surface area contributed by atoms with E-state index in [1.807, 2.05) is 30.3 Å². The van der Waals surface area contributed by atoms with Gasteiger partial charge in [0.1, 0.15) is 0 Å². The summed E-state index contributed by atoms with van der Waals surface area (Å²) in [6.45, 7) is 0.997. The monoisotopic (exact) mass is 394 g/mol. The molecule has 1 amide bonds. The minimum Gasteiger partial charge on any atom is -0.441 e. The molecule has 0 saturated heterocycles. The molecule has 2 N–H and O–H groups in total. The zero-order chi connectivity index (χ0) is 20.5. The van der Waals surface area contributed by atoms with Crippen molar-refractivity contribution in [1.29, 1.82) is 0 Å². The molecule has 0 fully saturated rings.